The fourth-order valence-corrected chi connectivity index (χ4v) is 4.78. The summed E-state index contributed by atoms with van der Waals surface area (Å²) in [4.78, 5) is 4.85. The molecule has 0 amide bonds. The van der Waals surface area contributed by atoms with E-state index < -0.39 is 0 Å². The summed E-state index contributed by atoms with van der Waals surface area (Å²) < 4.78 is 8.19. The first-order valence-corrected chi connectivity index (χ1v) is 9.81. The van der Waals surface area contributed by atoms with E-state index in [1.54, 1.807) is 22.7 Å². The first-order valence-electron chi connectivity index (χ1n) is 7.99. The maximum absolute atomic E-state index is 5.80. The number of ether oxygens (including phenoxy) is 1. The Morgan fingerprint density at radius 2 is 2.26 bits per heavy atom. The Kier molecular flexibility index (Phi) is 4.09. The molecule has 0 N–H and O–H groups in total. The predicted octanol–water partition coefficient (Wildman–Crippen LogP) is 5.14. The summed E-state index contributed by atoms with van der Waals surface area (Å²) in [7, 11) is 0. The highest BCUT2D eigenvalue weighted by Gasteiger charge is 2.20. The quantitative estimate of drug-likeness (QED) is 0.655. The molecule has 1 aliphatic rings. The van der Waals surface area contributed by atoms with Crippen LogP contribution in [0.1, 0.15) is 24.2 Å². The monoisotopic (exact) mass is 344 g/mol. The van der Waals surface area contributed by atoms with Crippen molar-refractivity contribution in [2.75, 3.05) is 6.61 Å². The van der Waals surface area contributed by atoms with Crippen LogP contribution in [-0.4, -0.2) is 22.3 Å². The fraction of sp³-hybridized carbons (Fsp3) is 0.389. The normalized spacial score (nSPS) is 17.9. The Morgan fingerprint density at radius 1 is 1.35 bits per heavy atom. The van der Waals surface area contributed by atoms with Gasteiger partial charge in [0, 0.05) is 46.4 Å². The number of hydrogen-bond donors (Lipinski definition) is 0. The van der Waals surface area contributed by atoms with Gasteiger partial charge >= 0.3 is 0 Å². The first-order chi connectivity index (χ1) is 11.2. The second-order valence-corrected chi connectivity index (χ2v) is 7.72. The van der Waals surface area contributed by atoms with Gasteiger partial charge in [0.1, 0.15) is 5.01 Å². The Labute approximate surface area is 144 Å². The highest BCUT2D eigenvalue weighted by atomic mass is 32.1. The molecular weight excluding hydrogens is 324 g/mol. The number of aromatic nitrogens is 2. The molecule has 4 heterocycles. The SMILES string of the molecule is Cc1cc(-c2csc(-c3ccsc3)n2)c(C)n1CC1CCCO1. The van der Waals surface area contributed by atoms with E-state index in [1.807, 2.05) is 0 Å². The van der Waals surface area contributed by atoms with Crippen LogP contribution >= 0.6 is 22.7 Å². The summed E-state index contributed by atoms with van der Waals surface area (Å²) in [5.74, 6) is 0. The van der Waals surface area contributed by atoms with Crippen molar-refractivity contribution in [2.45, 2.75) is 39.3 Å². The van der Waals surface area contributed by atoms with Gasteiger partial charge in [0.2, 0.25) is 0 Å². The van der Waals surface area contributed by atoms with E-state index in [9.17, 15) is 0 Å². The lowest BCUT2D eigenvalue weighted by Gasteiger charge is -2.14. The third-order valence-corrected chi connectivity index (χ3v) is 6.11. The van der Waals surface area contributed by atoms with Crippen molar-refractivity contribution in [1.29, 1.82) is 0 Å². The number of aryl methyl sites for hydroxylation is 1. The van der Waals surface area contributed by atoms with Crippen molar-refractivity contribution in [1.82, 2.24) is 9.55 Å². The molecule has 0 aromatic carbocycles. The van der Waals surface area contributed by atoms with Crippen molar-refractivity contribution in [3.05, 3.63) is 39.7 Å². The van der Waals surface area contributed by atoms with Gasteiger partial charge in [0.05, 0.1) is 11.8 Å². The third-order valence-electron chi connectivity index (χ3n) is 4.53. The molecule has 23 heavy (non-hydrogen) atoms. The van der Waals surface area contributed by atoms with Crippen LogP contribution < -0.4 is 0 Å². The van der Waals surface area contributed by atoms with Gasteiger partial charge in [-0.25, -0.2) is 4.98 Å². The van der Waals surface area contributed by atoms with Gasteiger partial charge in [-0.1, -0.05) is 0 Å². The maximum Gasteiger partial charge on any atom is 0.124 e. The van der Waals surface area contributed by atoms with Gasteiger partial charge in [-0.3, -0.25) is 0 Å². The zero-order valence-electron chi connectivity index (χ0n) is 13.4. The number of hydrogen-bond acceptors (Lipinski definition) is 4. The zero-order valence-corrected chi connectivity index (χ0v) is 15.0. The lowest BCUT2D eigenvalue weighted by atomic mass is 10.2. The molecule has 1 unspecified atom stereocenters. The average Bonchev–Trinajstić information content (AvgIpc) is 3.31. The molecule has 120 valence electrons. The Morgan fingerprint density at radius 3 is 3.00 bits per heavy atom. The Hall–Kier alpha value is -1.43. The van der Waals surface area contributed by atoms with Crippen molar-refractivity contribution >= 4 is 22.7 Å². The first kappa shape index (κ1) is 15.1. The number of thiophene rings is 1. The van der Waals surface area contributed by atoms with Crippen molar-refractivity contribution < 1.29 is 4.74 Å². The van der Waals surface area contributed by atoms with Crippen LogP contribution in [0.25, 0.3) is 21.8 Å². The highest BCUT2D eigenvalue weighted by Crippen LogP contribution is 2.33. The summed E-state index contributed by atoms with van der Waals surface area (Å²) in [5.41, 5.74) is 6.14. The molecular formula is C18H20N2OS2. The molecule has 0 aliphatic carbocycles. The van der Waals surface area contributed by atoms with Crippen LogP contribution in [-0.2, 0) is 11.3 Å². The number of thiazole rings is 1. The fourth-order valence-electron chi connectivity index (χ4n) is 3.25. The minimum absolute atomic E-state index is 0.365. The highest BCUT2D eigenvalue weighted by molar-refractivity contribution is 7.14. The molecule has 1 atom stereocenters. The van der Waals surface area contributed by atoms with Crippen LogP contribution in [0.3, 0.4) is 0 Å². The van der Waals surface area contributed by atoms with E-state index in [4.69, 9.17) is 9.72 Å². The minimum Gasteiger partial charge on any atom is -0.376 e. The molecule has 4 rings (SSSR count). The zero-order chi connectivity index (χ0) is 15.8. The van der Waals surface area contributed by atoms with E-state index in [0.29, 0.717) is 6.10 Å². The molecule has 0 bridgehead atoms. The van der Waals surface area contributed by atoms with E-state index in [2.05, 4.69) is 46.7 Å². The summed E-state index contributed by atoms with van der Waals surface area (Å²) in [6.07, 6.45) is 2.72. The molecule has 0 spiro atoms. The van der Waals surface area contributed by atoms with Gasteiger partial charge in [-0.15, -0.1) is 11.3 Å². The van der Waals surface area contributed by atoms with Gasteiger partial charge in [-0.05, 0) is 44.2 Å². The van der Waals surface area contributed by atoms with Crippen molar-refractivity contribution in [3.8, 4) is 21.8 Å². The van der Waals surface area contributed by atoms with Crippen LogP contribution in [0, 0.1) is 13.8 Å². The third kappa shape index (κ3) is 2.89. The second kappa shape index (κ2) is 6.23. The Balaban J connectivity index is 1.64. The van der Waals surface area contributed by atoms with Gasteiger partial charge in [0.25, 0.3) is 0 Å². The van der Waals surface area contributed by atoms with Gasteiger partial charge < -0.3 is 9.30 Å². The number of nitrogens with zero attached hydrogens (tertiary/aromatic N) is 2. The van der Waals surface area contributed by atoms with Crippen LogP contribution in [0.15, 0.2) is 28.3 Å². The topological polar surface area (TPSA) is 27.1 Å². The van der Waals surface area contributed by atoms with Gasteiger partial charge in [0.15, 0.2) is 0 Å². The maximum atomic E-state index is 5.80. The van der Waals surface area contributed by atoms with E-state index in [0.717, 1.165) is 23.9 Å². The second-order valence-electron chi connectivity index (χ2n) is 6.08. The summed E-state index contributed by atoms with van der Waals surface area (Å²) in [6, 6.07) is 4.39. The van der Waals surface area contributed by atoms with Crippen molar-refractivity contribution in [2.24, 2.45) is 0 Å². The molecule has 3 nitrogen and oxygen atoms in total. The van der Waals surface area contributed by atoms with E-state index >= 15 is 0 Å². The van der Waals surface area contributed by atoms with Gasteiger partial charge in [-0.2, -0.15) is 11.3 Å². The van der Waals surface area contributed by atoms with E-state index in [1.165, 1.54) is 35.4 Å². The molecule has 0 radical (unpaired) electrons. The molecule has 1 fully saturated rings. The predicted molar refractivity (Wildman–Crippen MR) is 97.3 cm³/mol. The molecule has 1 aliphatic heterocycles. The van der Waals surface area contributed by atoms with E-state index in [-0.39, 0.29) is 0 Å². The van der Waals surface area contributed by atoms with Crippen molar-refractivity contribution in [3.63, 3.8) is 0 Å². The summed E-state index contributed by atoms with van der Waals surface area (Å²) in [5, 5.41) is 7.53. The molecule has 1 saturated heterocycles. The molecule has 3 aromatic rings. The van der Waals surface area contributed by atoms with Crippen LogP contribution in [0.5, 0.6) is 0 Å². The lowest BCUT2D eigenvalue weighted by molar-refractivity contribution is 0.0962. The number of rotatable bonds is 4. The molecule has 5 heteroatoms. The molecule has 3 aromatic heterocycles. The molecule has 0 saturated carbocycles. The smallest absolute Gasteiger partial charge is 0.124 e. The standard InChI is InChI=1S/C18H20N2OS2/c1-12-8-16(13(2)20(12)9-15-4-3-6-21-15)17-11-23-18(19-17)14-5-7-22-10-14/h5,7-8,10-11,15H,3-4,6,9H2,1-2H3. The lowest BCUT2D eigenvalue weighted by Crippen LogP contribution is -2.16. The van der Waals surface area contributed by atoms with Crippen LogP contribution in [0.4, 0.5) is 0 Å². The Bertz CT molecular complexity index is 795. The average molecular weight is 345 g/mol. The largest absolute Gasteiger partial charge is 0.376 e. The minimum atomic E-state index is 0.365. The van der Waals surface area contributed by atoms with Crippen LogP contribution in [0.2, 0.25) is 0 Å². The summed E-state index contributed by atoms with van der Waals surface area (Å²) in [6.45, 7) is 6.24. The summed E-state index contributed by atoms with van der Waals surface area (Å²) >= 11 is 3.44.